The number of rotatable bonds is 7. The number of aliphatic hydroxyl groups is 1. The maximum absolute atomic E-state index is 12.8. The zero-order valence-corrected chi connectivity index (χ0v) is 16.8. The van der Waals surface area contributed by atoms with Crippen molar-refractivity contribution in [2.45, 2.75) is 13.3 Å². The Balaban J connectivity index is 1.73. The Morgan fingerprint density at radius 1 is 1.40 bits per heavy atom. The number of carboxylic acid groups (broad SMARTS) is 1. The second kappa shape index (κ2) is 8.16. The van der Waals surface area contributed by atoms with Gasteiger partial charge < -0.3 is 20.0 Å². The van der Waals surface area contributed by atoms with Crippen molar-refractivity contribution in [3.8, 4) is 5.13 Å². The first kappa shape index (κ1) is 19.9. The van der Waals surface area contributed by atoms with Crippen LogP contribution < -0.4 is 10.3 Å². The van der Waals surface area contributed by atoms with Crippen LogP contribution in [0.25, 0.3) is 16.2 Å². The van der Waals surface area contributed by atoms with Crippen LogP contribution >= 0.6 is 11.5 Å². The number of hydrogen-bond acceptors (Lipinski definition) is 10. The van der Waals surface area contributed by atoms with E-state index in [1.165, 1.54) is 17.1 Å². The lowest BCUT2D eigenvalue weighted by molar-refractivity contribution is 0.0695. The number of nitrogens with zero attached hydrogens (tertiary/aromatic N) is 6. The lowest BCUT2D eigenvalue weighted by Gasteiger charge is -2.33. The fourth-order valence-corrected chi connectivity index (χ4v) is 3.60. The number of pyridine rings is 2. The number of carbonyl (C=O) groups is 1. The molecule has 30 heavy (non-hydrogen) atoms. The Hall–Kier alpha value is -3.38. The standard InChI is InChI=1S/C18H18N6O5S/c1-10-5-13(23-6-11(7-23)22-29-4-2-3-25)21-16-14(10)15(26)12(17(27)28)8-24(16)18-19-9-20-30-18/h5,8-9,25H,2-4,6-7H2,1H3,(H,27,28). The minimum absolute atomic E-state index is 0.0528. The first-order chi connectivity index (χ1) is 14.5. The van der Waals surface area contributed by atoms with Crippen molar-refractivity contribution in [2.75, 3.05) is 31.2 Å². The fourth-order valence-electron chi connectivity index (χ4n) is 3.09. The molecule has 1 fully saturated rings. The Labute approximate surface area is 174 Å². The summed E-state index contributed by atoms with van der Waals surface area (Å²) < 4.78 is 5.45. The number of aryl methyl sites for hydroxylation is 1. The topological polar surface area (TPSA) is 143 Å². The molecule has 0 radical (unpaired) electrons. The van der Waals surface area contributed by atoms with Gasteiger partial charge in [-0.05, 0) is 18.6 Å². The van der Waals surface area contributed by atoms with E-state index in [1.807, 2.05) is 4.90 Å². The molecular formula is C18H18N6O5S. The molecule has 1 aliphatic rings. The minimum atomic E-state index is -1.31. The first-order valence-corrected chi connectivity index (χ1v) is 9.87. The minimum Gasteiger partial charge on any atom is -0.477 e. The van der Waals surface area contributed by atoms with Crippen LogP contribution in [0.4, 0.5) is 5.82 Å². The summed E-state index contributed by atoms with van der Waals surface area (Å²) in [6, 6.07) is 1.75. The van der Waals surface area contributed by atoms with Crippen LogP contribution in [0.3, 0.4) is 0 Å². The summed E-state index contributed by atoms with van der Waals surface area (Å²) >= 11 is 1.07. The van der Waals surface area contributed by atoms with Crippen LogP contribution in [-0.2, 0) is 4.84 Å². The fraction of sp³-hybridized carbons (Fsp3) is 0.333. The van der Waals surface area contributed by atoms with Gasteiger partial charge in [-0.3, -0.25) is 9.36 Å². The largest absolute Gasteiger partial charge is 0.477 e. The molecule has 0 bridgehead atoms. The second-order valence-electron chi connectivity index (χ2n) is 6.69. The van der Waals surface area contributed by atoms with E-state index < -0.39 is 11.4 Å². The van der Waals surface area contributed by atoms with Crippen LogP contribution in [0.1, 0.15) is 22.3 Å². The molecule has 11 nitrogen and oxygen atoms in total. The molecule has 0 aliphatic carbocycles. The summed E-state index contributed by atoms with van der Waals surface area (Å²) in [6.07, 6.45) is 3.12. The van der Waals surface area contributed by atoms with Gasteiger partial charge in [0.1, 0.15) is 24.3 Å². The van der Waals surface area contributed by atoms with E-state index in [4.69, 9.17) is 9.94 Å². The van der Waals surface area contributed by atoms with Crippen molar-refractivity contribution in [3.63, 3.8) is 0 Å². The summed E-state index contributed by atoms with van der Waals surface area (Å²) in [5, 5.41) is 22.9. The number of aromatic carboxylic acids is 1. The highest BCUT2D eigenvalue weighted by Gasteiger charge is 2.26. The van der Waals surface area contributed by atoms with E-state index >= 15 is 0 Å². The van der Waals surface area contributed by atoms with Crippen molar-refractivity contribution in [1.29, 1.82) is 0 Å². The Morgan fingerprint density at radius 3 is 2.87 bits per heavy atom. The van der Waals surface area contributed by atoms with Crippen molar-refractivity contribution < 1.29 is 19.8 Å². The van der Waals surface area contributed by atoms with Gasteiger partial charge >= 0.3 is 5.97 Å². The molecular weight excluding hydrogens is 412 g/mol. The average molecular weight is 430 g/mol. The molecule has 0 unspecified atom stereocenters. The number of hydrogen-bond donors (Lipinski definition) is 2. The highest BCUT2D eigenvalue weighted by Crippen LogP contribution is 2.25. The molecule has 156 valence electrons. The van der Waals surface area contributed by atoms with Gasteiger partial charge in [0.05, 0.1) is 24.2 Å². The number of aliphatic hydroxyl groups excluding tert-OH is 1. The molecule has 3 aromatic rings. The van der Waals surface area contributed by atoms with Gasteiger partial charge in [0.25, 0.3) is 0 Å². The monoisotopic (exact) mass is 430 g/mol. The van der Waals surface area contributed by atoms with Crippen molar-refractivity contribution in [1.82, 2.24) is 18.9 Å². The summed E-state index contributed by atoms with van der Waals surface area (Å²) in [7, 11) is 0. The Kier molecular flexibility index (Phi) is 5.42. The first-order valence-electron chi connectivity index (χ1n) is 9.10. The highest BCUT2D eigenvalue weighted by molar-refractivity contribution is 7.08. The molecule has 4 heterocycles. The third-order valence-electron chi connectivity index (χ3n) is 4.59. The molecule has 12 heteroatoms. The normalized spacial score (nSPS) is 13.4. The van der Waals surface area contributed by atoms with Gasteiger partial charge in [0.2, 0.25) is 10.6 Å². The molecule has 1 aliphatic heterocycles. The molecule has 1 saturated heterocycles. The second-order valence-corrected chi connectivity index (χ2v) is 7.45. The lowest BCUT2D eigenvalue weighted by atomic mass is 10.1. The van der Waals surface area contributed by atoms with E-state index in [1.54, 1.807) is 13.0 Å². The number of oxime groups is 1. The van der Waals surface area contributed by atoms with Gasteiger partial charge in [0, 0.05) is 30.8 Å². The summed E-state index contributed by atoms with van der Waals surface area (Å²) in [6.45, 7) is 3.20. The summed E-state index contributed by atoms with van der Waals surface area (Å²) in [5.41, 5.74) is 0.842. The third-order valence-corrected chi connectivity index (χ3v) is 5.25. The van der Waals surface area contributed by atoms with Crippen LogP contribution in [0.5, 0.6) is 0 Å². The molecule has 0 saturated carbocycles. The molecule has 0 amide bonds. The van der Waals surface area contributed by atoms with Gasteiger partial charge in [-0.2, -0.15) is 4.37 Å². The SMILES string of the molecule is Cc1cc(N2CC(=NOCCCO)C2)nc2c1c(=O)c(C(=O)O)cn2-c1ncns1. The average Bonchev–Trinajstić information content (AvgIpc) is 3.20. The van der Waals surface area contributed by atoms with Crippen molar-refractivity contribution in [2.24, 2.45) is 5.16 Å². The Morgan fingerprint density at radius 2 is 2.20 bits per heavy atom. The zero-order valence-electron chi connectivity index (χ0n) is 16.0. The van der Waals surface area contributed by atoms with E-state index in [0.717, 1.165) is 17.2 Å². The van der Waals surface area contributed by atoms with Crippen LogP contribution in [0, 0.1) is 6.92 Å². The molecule has 4 rings (SSSR count). The number of aromatic nitrogens is 4. The predicted molar refractivity (Wildman–Crippen MR) is 110 cm³/mol. The van der Waals surface area contributed by atoms with Crippen LogP contribution in [-0.4, -0.2) is 67.1 Å². The lowest BCUT2D eigenvalue weighted by Crippen LogP contribution is -2.48. The van der Waals surface area contributed by atoms with Crippen LogP contribution in [0.2, 0.25) is 0 Å². The number of anilines is 1. The highest BCUT2D eigenvalue weighted by atomic mass is 32.1. The van der Waals surface area contributed by atoms with E-state index in [2.05, 4.69) is 19.5 Å². The van der Waals surface area contributed by atoms with E-state index in [-0.39, 0.29) is 17.6 Å². The molecule has 2 N–H and O–H groups in total. The van der Waals surface area contributed by atoms with Crippen molar-refractivity contribution in [3.05, 3.63) is 39.9 Å². The smallest absolute Gasteiger partial charge is 0.341 e. The summed E-state index contributed by atoms with van der Waals surface area (Å²) in [5.74, 6) is -0.677. The Bertz CT molecular complexity index is 1180. The van der Waals surface area contributed by atoms with Gasteiger partial charge in [-0.25, -0.2) is 14.8 Å². The number of carboxylic acids is 1. The maximum atomic E-state index is 12.8. The zero-order chi connectivity index (χ0) is 21.3. The molecule has 0 atom stereocenters. The molecule has 0 spiro atoms. The van der Waals surface area contributed by atoms with Gasteiger partial charge in [-0.1, -0.05) is 5.16 Å². The molecule has 3 aromatic heterocycles. The predicted octanol–water partition coefficient (Wildman–Crippen LogP) is 0.819. The maximum Gasteiger partial charge on any atom is 0.341 e. The number of fused-ring (bicyclic) bond motifs is 1. The van der Waals surface area contributed by atoms with E-state index in [0.29, 0.717) is 48.3 Å². The van der Waals surface area contributed by atoms with E-state index in [9.17, 15) is 14.7 Å². The molecule has 0 aromatic carbocycles. The van der Waals surface area contributed by atoms with Crippen molar-refractivity contribution >= 4 is 40.1 Å². The third kappa shape index (κ3) is 3.62. The van der Waals surface area contributed by atoms with Gasteiger partial charge in [-0.15, -0.1) is 0 Å². The van der Waals surface area contributed by atoms with Crippen LogP contribution in [0.15, 0.2) is 28.5 Å². The quantitative estimate of drug-likeness (QED) is 0.411. The van der Waals surface area contributed by atoms with Gasteiger partial charge in [0.15, 0.2) is 5.65 Å². The summed E-state index contributed by atoms with van der Waals surface area (Å²) in [4.78, 5) is 40.2.